The predicted octanol–water partition coefficient (Wildman–Crippen LogP) is 2.94. The molecule has 3 aromatic rings. The second-order valence-corrected chi connectivity index (χ2v) is 6.29. The van der Waals surface area contributed by atoms with Crippen molar-refractivity contribution in [1.29, 1.82) is 0 Å². The molecule has 2 unspecified atom stereocenters. The first-order valence-electron chi connectivity index (χ1n) is 8.25. The van der Waals surface area contributed by atoms with Crippen molar-refractivity contribution in [3.05, 3.63) is 47.7 Å². The Morgan fingerprint density at radius 3 is 2.68 bits per heavy atom. The highest BCUT2D eigenvalue weighted by Gasteiger charge is 2.21. The molecular formula is C19H21N3O3. The van der Waals surface area contributed by atoms with E-state index in [1.54, 1.807) is 13.0 Å². The van der Waals surface area contributed by atoms with E-state index in [2.05, 4.69) is 15.5 Å². The highest BCUT2D eigenvalue weighted by Crippen LogP contribution is 2.27. The van der Waals surface area contributed by atoms with Crippen molar-refractivity contribution in [3.63, 3.8) is 0 Å². The van der Waals surface area contributed by atoms with Crippen LogP contribution in [0.15, 0.2) is 40.9 Å². The molecule has 2 aromatic heterocycles. The van der Waals surface area contributed by atoms with E-state index in [-0.39, 0.29) is 24.5 Å². The molecule has 130 valence electrons. The number of nitrogens with zero attached hydrogens (tertiary/aromatic N) is 2. The highest BCUT2D eigenvalue weighted by molar-refractivity contribution is 6.07. The molecule has 0 bridgehead atoms. The number of carbonyl (C=O) groups is 1. The molecule has 2 heterocycles. The minimum absolute atomic E-state index is 0.00869. The van der Waals surface area contributed by atoms with Gasteiger partial charge in [-0.05, 0) is 25.8 Å². The molecule has 25 heavy (non-hydrogen) atoms. The van der Waals surface area contributed by atoms with Gasteiger partial charge in [0.05, 0.1) is 22.3 Å². The summed E-state index contributed by atoms with van der Waals surface area (Å²) in [6.45, 7) is 5.55. The number of pyridine rings is 1. The van der Waals surface area contributed by atoms with Crippen molar-refractivity contribution in [2.45, 2.75) is 26.8 Å². The molecule has 0 saturated carbocycles. The lowest BCUT2D eigenvalue weighted by Crippen LogP contribution is -2.38. The Bertz CT molecular complexity index is 890. The van der Waals surface area contributed by atoms with Gasteiger partial charge in [-0.1, -0.05) is 42.4 Å². The average molecular weight is 339 g/mol. The fourth-order valence-electron chi connectivity index (χ4n) is 2.62. The normalized spacial score (nSPS) is 13.6. The van der Waals surface area contributed by atoms with E-state index in [9.17, 15) is 9.90 Å². The Labute approximate surface area is 145 Å². The number of aromatic nitrogens is 2. The first-order chi connectivity index (χ1) is 12.0. The lowest BCUT2D eigenvalue weighted by Gasteiger charge is -2.19. The van der Waals surface area contributed by atoms with Crippen molar-refractivity contribution in [3.8, 4) is 11.3 Å². The zero-order valence-electron chi connectivity index (χ0n) is 14.5. The molecule has 3 rings (SSSR count). The van der Waals surface area contributed by atoms with Gasteiger partial charge in [0.15, 0.2) is 0 Å². The third-order valence-corrected chi connectivity index (χ3v) is 4.43. The zero-order valence-corrected chi connectivity index (χ0v) is 14.5. The molecule has 2 N–H and O–H groups in total. The van der Waals surface area contributed by atoms with Gasteiger partial charge in [0.2, 0.25) is 0 Å². The van der Waals surface area contributed by atoms with Gasteiger partial charge in [0.1, 0.15) is 0 Å². The van der Waals surface area contributed by atoms with Crippen LogP contribution < -0.4 is 5.32 Å². The molecule has 0 spiro atoms. The first kappa shape index (κ1) is 17.1. The number of hydrogen-bond donors (Lipinski definition) is 2. The monoisotopic (exact) mass is 339 g/mol. The Morgan fingerprint density at radius 2 is 2.00 bits per heavy atom. The maximum absolute atomic E-state index is 12.8. The van der Waals surface area contributed by atoms with Crippen LogP contribution in [0.2, 0.25) is 0 Å². The molecule has 0 fully saturated rings. The van der Waals surface area contributed by atoms with Crippen LogP contribution in [0, 0.1) is 12.8 Å². The number of aliphatic hydroxyl groups excluding tert-OH is 1. The molecule has 6 heteroatoms. The van der Waals surface area contributed by atoms with Gasteiger partial charge in [0, 0.05) is 18.2 Å². The first-order valence-corrected chi connectivity index (χ1v) is 8.25. The quantitative estimate of drug-likeness (QED) is 0.746. The number of amides is 1. The van der Waals surface area contributed by atoms with E-state index in [4.69, 9.17) is 4.52 Å². The van der Waals surface area contributed by atoms with Crippen molar-refractivity contribution in [1.82, 2.24) is 15.5 Å². The van der Waals surface area contributed by atoms with Gasteiger partial charge in [0.25, 0.3) is 11.6 Å². The number of aryl methyl sites for hydroxylation is 1. The van der Waals surface area contributed by atoms with Crippen LogP contribution in [-0.2, 0) is 0 Å². The van der Waals surface area contributed by atoms with Crippen LogP contribution in [0.4, 0.5) is 0 Å². The smallest absolute Gasteiger partial charge is 0.259 e. The van der Waals surface area contributed by atoms with E-state index in [1.165, 1.54) is 0 Å². The minimum Gasteiger partial charge on any atom is -0.396 e. The zero-order chi connectivity index (χ0) is 18.0. The van der Waals surface area contributed by atoms with Gasteiger partial charge < -0.3 is 14.9 Å². The van der Waals surface area contributed by atoms with Crippen molar-refractivity contribution in [2.75, 3.05) is 6.61 Å². The molecule has 6 nitrogen and oxygen atoms in total. The summed E-state index contributed by atoms with van der Waals surface area (Å²) in [5, 5.41) is 16.8. The summed E-state index contributed by atoms with van der Waals surface area (Å²) in [6.07, 6.45) is 0. The number of aliphatic hydroxyl groups is 1. The van der Waals surface area contributed by atoms with Crippen LogP contribution in [-0.4, -0.2) is 33.8 Å². The largest absolute Gasteiger partial charge is 0.396 e. The van der Waals surface area contributed by atoms with Crippen LogP contribution in [0.25, 0.3) is 22.4 Å². The predicted molar refractivity (Wildman–Crippen MR) is 95.2 cm³/mol. The topological polar surface area (TPSA) is 88.2 Å². The standard InChI is InChI=1S/C19H21N3O3/c1-11(10-23)12(2)20-18(24)15-9-16(14-7-5-4-6-8-14)21-19-17(15)13(3)22-25-19/h4-9,11-12,23H,10H2,1-3H3,(H,20,24). The third kappa shape index (κ3) is 3.39. The number of hydrogen-bond acceptors (Lipinski definition) is 5. The lowest BCUT2D eigenvalue weighted by atomic mass is 10.0. The summed E-state index contributed by atoms with van der Waals surface area (Å²) in [5.41, 5.74) is 2.98. The van der Waals surface area contributed by atoms with Crippen molar-refractivity contribution >= 4 is 17.0 Å². The molecule has 0 aliphatic heterocycles. The summed E-state index contributed by atoms with van der Waals surface area (Å²) in [4.78, 5) is 17.3. The molecule has 0 radical (unpaired) electrons. The number of nitrogens with one attached hydrogen (secondary N) is 1. The molecule has 2 atom stereocenters. The van der Waals surface area contributed by atoms with Crippen LogP contribution in [0.5, 0.6) is 0 Å². The average Bonchev–Trinajstić information content (AvgIpc) is 3.02. The lowest BCUT2D eigenvalue weighted by molar-refractivity contribution is 0.0918. The highest BCUT2D eigenvalue weighted by atomic mass is 16.5. The minimum atomic E-state index is -0.233. The summed E-state index contributed by atoms with van der Waals surface area (Å²) in [7, 11) is 0. The molecule has 0 saturated heterocycles. The fraction of sp³-hybridized carbons (Fsp3) is 0.316. The van der Waals surface area contributed by atoms with E-state index in [0.29, 0.717) is 28.1 Å². The molecule has 0 aliphatic carbocycles. The van der Waals surface area contributed by atoms with Gasteiger partial charge in [-0.15, -0.1) is 0 Å². The maximum Gasteiger partial charge on any atom is 0.259 e. The van der Waals surface area contributed by atoms with Gasteiger partial charge in [-0.2, -0.15) is 0 Å². The Kier molecular flexibility index (Phi) is 4.81. The third-order valence-electron chi connectivity index (χ3n) is 4.43. The van der Waals surface area contributed by atoms with E-state index in [1.807, 2.05) is 44.2 Å². The van der Waals surface area contributed by atoms with E-state index >= 15 is 0 Å². The Hall–Kier alpha value is -2.73. The number of carbonyl (C=O) groups excluding carboxylic acids is 1. The molecule has 1 aromatic carbocycles. The van der Waals surface area contributed by atoms with Crippen LogP contribution in [0.3, 0.4) is 0 Å². The summed E-state index contributed by atoms with van der Waals surface area (Å²) >= 11 is 0. The van der Waals surface area contributed by atoms with Crippen molar-refractivity contribution in [2.24, 2.45) is 5.92 Å². The summed E-state index contributed by atoms with van der Waals surface area (Å²) < 4.78 is 5.29. The molecule has 0 aliphatic rings. The van der Waals surface area contributed by atoms with Gasteiger partial charge in [-0.3, -0.25) is 4.79 Å². The number of fused-ring (bicyclic) bond motifs is 1. The Morgan fingerprint density at radius 1 is 1.28 bits per heavy atom. The Balaban J connectivity index is 2.06. The van der Waals surface area contributed by atoms with Gasteiger partial charge >= 0.3 is 0 Å². The van der Waals surface area contributed by atoms with Crippen LogP contribution >= 0.6 is 0 Å². The van der Waals surface area contributed by atoms with Crippen LogP contribution in [0.1, 0.15) is 29.9 Å². The summed E-state index contributed by atoms with van der Waals surface area (Å²) in [6, 6.07) is 11.2. The fourth-order valence-corrected chi connectivity index (χ4v) is 2.62. The van der Waals surface area contributed by atoms with Gasteiger partial charge in [-0.25, -0.2) is 4.98 Å². The molecule has 1 amide bonds. The van der Waals surface area contributed by atoms with E-state index in [0.717, 1.165) is 5.56 Å². The van der Waals surface area contributed by atoms with Crippen molar-refractivity contribution < 1.29 is 14.4 Å². The number of rotatable bonds is 5. The molecular weight excluding hydrogens is 318 g/mol. The SMILES string of the molecule is Cc1noc2nc(-c3ccccc3)cc(C(=O)NC(C)C(C)CO)c12. The maximum atomic E-state index is 12.8. The second-order valence-electron chi connectivity index (χ2n) is 6.29. The van der Waals surface area contributed by atoms with E-state index < -0.39 is 0 Å². The second kappa shape index (κ2) is 7.03. The summed E-state index contributed by atoms with van der Waals surface area (Å²) in [5.74, 6) is -0.276. The number of benzene rings is 1.